The van der Waals surface area contributed by atoms with E-state index >= 15 is 0 Å². The van der Waals surface area contributed by atoms with Gasteiger partial charge < -0.3 is 10.6 Å². The number of hydrogen-bond donors (Lipinski definition) is 2. The first-order chi connectivity index (χ1) is 12.7. The summed E-state index contributed by atoms with van der Waals surface area (Å²) in [5, 5.41) is 5.96. The number of hydrogen-bond acceptors (Lipinski definition) is 2. The lowest BCUT2D eigenvalue weighted by Crippen LogP contribution is -2.35. The van der Waals surface area contributed by atoms with E-state index < -0.39 is 10.8 Å². The normalized spacial score (nSPS) is 13.9. The van der Waals surface area contributed by atoms with E-state index in [0.717, 1.165) is 11.1 Å². The molecule has 0 heterocycles. The van der Waals surface area contributed by atoms with E-state index in [1.54, 1.807) is 0 Å². The molecule has 146 valence electrons. The van der Waals surface area contributed by atoms with Crippen LogP contribution >= 0.6 is 0 Å². The third-order valence-corrected chi connectivity index (χ3v) is 6.24. The molecule has 2 unspecified atom stereocenters. The van der Waals surface area contributed by atoms with E-state index in [1.807, 2.05) is 75.4 Å². The Bertz CT molecular complexity index is 782. The highest BCUT2D eigenvalue weighted by atomic mass is 32.2. The van der Waals surface area contributed by atoms with Crippen LogP contribution in [0.3, 0.4) is 0 Å². The van der Waals surface area contributed by atoms with Crippen LogP contribution in [0.25, 0.3) is 0 Å². The molecule has 0 radical (unpaired) electrons. The van der Waals surface area contributed by atoms with Crippen LogP contribution in [-0.4, -0.2) is 15.0 Å². The number of nitrogens with one attached hydrogen (secondary N) is 2. The van der Waals surface area contributed by atoms with Crippen LogP contribution in [0.15, 0.2) is 54.6 Å². The third kappa shape index (κ3) is 6.51. The number of benzene rings is 2. The molecule has 2 amide bonds. The first kappa shape index (κ1) is 21.2. The monoisotopic (exact) mass is 386 g/mol. The molecular weight excluding hydrogens is 356 g/mol. The van der Waals surface area contributed by atoms with Gasteiger partial charge in [0.2, 0.25) is 0 Å². The maximum atomic E-state index is 12.5. The van der Waals surface area contributed by atoms with Gasteiger partial charge >= 0.3 is 6.03 Å². The van der Waals surface area contributed by atoms with Gasteiger partial charge in [0.1, 0.15) is 0 Å². The van der Waals surface area contributed by atoms with Crippen molar-refractivity contribution in [2.45, 2.75) is 51.2 Å². The molecule has 2 atom stereocenters. The van der Waals surface area contributed by atoms with E-state index in [1.165, 1.54) is 0 Å². The molecule has 0 saturated heterocycles. The highest BCUT2D eigenvalue weighted by molar-refractivity contribution is 7.85. The van der Waals surface area contributed by atoms with Gasteiger partial charge in [-0.15, -0.1) is 0 Å². The number of amides is 2. The standard InChI is InChI=1S/C22H30N2O2S/c1-16(2)20(18-11-7-6-8-12-18)24-21(25)23-19-13-9-10-17(14-19)15-27(26)22(3,4)5/h6-14,16,20H,15H2,1-5H3,(H2,23,24,25). The summed E-state index contributed by atoms with van der Waals surface area (Å²) in [5.41, 5.74) is 2.73. The highest BCUT2D eigenvalue weighted by Gasteiger charge is 2.20. The van der Waals surface area contributed by atoms with E-state index in [9.17, 15) is 9.00 Å². The molecule has 5 heteroatoms. The Morgan fingerprint density at radius 2 is 1.70 bits per heavy atom. The maximum Gasteiger partial charge on any atom is 0.319 e. The average Bonchev–Trinajstić information content (AvgIpc) is 2.59. The van der Waals surface area contributed by atoms with E-state index in [0.29, 0.717) is 11.4 Å². The molecule has 0 fully saturated rings. The molecule has 4 nitrogen and oxygen atoms in total. The fraction of sp³-hybridized carbons (Fsp3) is 0.409. The molecule has 0 aromatic heterocycles. The lowest BCUT2D eigenvalue weighted by molar-refractivity contribution is 0.244. The van der Waals surface area contributed by atoms with Gasteiger partial charge in [-0.05, 0) is 49.9 Å². The zero-order valence-corrected chi connectivity index (χ0v) is 17.6. The Labute approximate surface area is 165 Å². The van der Waals surface area contributed by atoms with Crippen LogP contribution in [0.1, 0.15) is 51.8 Å². The molecule has 0 aliphatic heterocycles. The van der Waals surface area contributed by atoms with Gasteiger partial charge in [-0.2, -0.15) is 0 Å². The zero-order valence-electron chi connectivity index (χ0n) is 16.8. The van der Waals surface area contributed by atoms with Crippen molar-refractivity contribution in [2.75, 3.05) is 5.32 Å². The van der Waals surface area contributed by atoms with Crippen molar-refractivity contribution in [3.8, 4) is 0 Å². The quantitative estimate of drug-likeness (QED) is 0.712. The summed E-state index contributed by atoms with van der Waals surface area (Å²) in [6, 6.07) is 17.2. The smallest absolute Gasteiger partial charge is 0.319 e. The van der Waals surface area contributed by atoms with Crippen LogP contribution in [0.4, 0.5) is 10.5 Å². The van der Waals surface area contributed by atoms with Crippen molar-refractivity contribution in [3.63, 3.8) is 0 Å². The summed E-state index contributed by atoms with van der Waals surface area (Å²) in [4.78, 5) is 12.5. The Morgan fingerprint density at radius 1 is 1.04 bits per heavy atom. The van der Waals surface area contributed by atoms with Gasteiger partial charge in [-0.25, -0.2) is 4.79 Å². The van der Waals surface area contributed by atoms with Crippen molar-refractivity contribution in [2.24, 2.45) is 5.92 Å². The van der Waals surface area contributed by atoms with Crippen molar-refractivity contribution >= 4 is 22.5 Å². The van der Waals surface area contributed by atoms with Crippen LogP contribution in [0.2, 0.25) is 0 Å². The molecule has 0 saturated carbocycles. The maximum absolute atomic E-state index is 12.5. The third-order valence-electron chi connectivity index (χ3n) is 4.28. The summed E-state index contributed by atoms with van der Waals surface area (Å²) in [6.45, 7) is 10.1. The number of carbonyl (C=O) groups excluding carboxylic acids is 1. The van der Waals surface area contributed by atoms with Gasteiger partial charge in [0.05, 0.1) is 6.04 Å². The largest absolute Gasteiger partial charge is 0.331 e. The Balaban J connectivity index is 2.05. The van der Waals surface area contributed by atoms with Crippen LogP contribution in [0.5, 0.6) is 0 Å². The van der Waals surface area contributed by atoms with E-state index in [4.69, 9.17) is 0 Å². The first-order valence-corrected chi connectivity index (χ1v) is 10.6. The molecule has 0 spiro atoms. The summed E-state index contributed by atoms with van der Waals surface area (Å²) in [5.74, 6) is 0.734. The predicted molar refractivity (Wildman–Crippen MR) is 114 cm³/mol. The van der Waals surface area contributed by atoms with Crippen molar-refractivity contribution in [1.82, 2.24) is 5.32 Å². The Morgan fingerprint density at radius 3 is 2.30 bits per heavy atom. The van der Waals surface area contributed by atoms with Gasteiger partial charge in [0.25, 0.3) is 0 Å². The molecule has 0 bridgehead atoms. The number of anilines is 1. The second-order valence-corrected chi connectivity index (χ2v) is 10.2. The molecular formula is C22H30N2O2S. The van der Waals surface area contributed by atoms with Crippen molar-refractivity contribution in [3.05, 3.63) is 65.7 Å². The lowest BCUT2D eigenvalue weighted by atomic mass is 9.96. The van der Waals surface area contributed by atoms with Crippen LogP contribution in [0, 0.1) is 5.92 Å². The molecule has 27 heavy (non-hydrogen) atoms. The molecule has 2 aromatic rings. The molecule has 0 aliphatic carbocycles. The van der Waals surface area contributed by atoms with E-state index in [-0.39, 0.29) is 22.7 Å². The number of carbonyl (C=O) groups is 1. The lowest BCUT2D eigenvalue weighted by Gasteiger charge is -2.23. The van der Waals surface area contributed by atoms with Gasteiger partial charge in [0, 0.05) is 27.0 Å². The minimum Gasteiger partial charge on any atom is -0.331 e. The van der Waals surface area contributed by atoms with Crippen molar-refractivity contribution < 1.29 is 9.00 Å². The summed E-state index contributed by atoms with van der Waals surface area (Å²) in [7, 11) is -0.978. The molecule has 0 aliphatic rings. The SMILES string of the molecule is CC(C)C(NC(=O)Nc1cccc(CS(=O)C(C)(C)C)c1)c1ccccc1. The fourth-order valence-electron chi connectivity index (χ4n) is 2.71. The second-order valence-electron chi connectivity index (χ2n) is 8.03. The minimum absolute atomic E-state index is 0.0669. The predicted octanol–water partition coefficient (Wildman–Crippen LogP) is 5.25. The van der Waals surface area contributed by atoms with Crippen LogP contribution < -0.4 is 10.6 Å². The summed E-state index contributed by atoms with van der Waals surface area (Å²) in [6.07, 6.45) is 0. The molecule has 2 aromatic carbocycles. The second kappa shape index (κ2) is 9.18. The average molecular weight is 387 g/mol. The summed E-state index contributed by atoms with van der Waals surface area (Å²) < 4.78 is 12.1. The zero-order chi connectivity index (χ0) is 20.0. The Hall–Kier alpha value is -2.14. The van der Waals surface area contributed by atoms with Gasteiger partial charge in [0.15, 0.2) is 0 Å². The first-order valence-electron chi connectivity index (χ1n) is 9.26. The Kier molecular flexibility index (Phi) is 7.19. The summed E-state index contributed by atoms with van der Waals surface area (Å²) >= 11 is 0. The highest BCUT2D eigenvalue weighted by Crippen LogP contribution is 2.22. The number of urea groups is 1. The van der Waals surface area contributed by atoms with E-state index in [2.05, 4.69) is 24.5 Å². The molecule has 2 rings (SSSR count). The van der Waals surface area contributed by atoms with Gasteiger partial charge in [-0.3, -0.25) is 4.21 Å². The fourth-order valence-corrected chi connectivity index (χ4v) is 3.63. The topological polar surface area (TPSA) is 58.2 Å². The minimum atomic E-state index is -0.978. The van der Waals surface area contributed by atoms with Crippen LogP contribution in [-0.2, 0) is 16.6 Å². The number of rotatable bonds is 6. The van der Waals surface area contributed by atoms with Gasteiger partial charge in [-0.1, -0.05) is 56.3 Å². The molecule has 2 N–H and O–H groups in total. The van der Waals surface area contributed by atoms with Crippen molar-refractivity contribution in [1.29, 1.82) is 0 Å².